The van der Waals surface area contributed by atoms with Crippen molar-refractivity contribution in [3.05, 3.63) is 70.9 Å². The van der Waals surface area contributed by atoms with Gasteiger partial charge < -0.3 is 5.73 Å². The van der Waals surface area contributed by atoms with Gasteiger partial charge in [0.25, 0.3) is 0 Å². The van der Waals surface area contributed by atoms with Gasteiger partial charge >= 0.3 is 6.15 Å². The Morgan fingerprint density at radius 3 is 1.83 bits per heavy atom. The molecule has 0 aliphatic carbocycles. The summed E-state index contributed by atoms with van der Waals surface area (Å²) in [6, 6.07) is 19.2. The molecule has 4 aromatic rings. The molecule has 8 heterocycles. The summed E-state index contributed by atoms with van der Waals surface area (Å²) in [5.41, 5.74) is 7.48. The lowest BCUT2D eigenvalue weighted by Gasteiger charge is -2.56. The standard InChI is InChI=1S/C19H23NOS.C9H18N2.C8H6S.CO2.ClH/c1-19(2)16(13-5-8-20(19)9-6-13)12-17(21)15-4-3-14-7-10-22-18(14)11-15;1-9(2)8(10)7-3-5-11(9)6-4-7;1-2-4-8-7(3-1)5-6-9-8;2-1-3;/h3-4,7,10-11,13,16H,5-6,8-9,12H2,1-2H3;7-8H,3-6,10H2,1-2H3;1-6H;;1H/t16-;8-;;;/m00.../s1. The third-order valence-corrected chi connectivity index (χ3v) is 12.8. The number of carbonyl (C=O) groups excluding carboxylic acids is 3. The second kappa shape index (κ2) is 15.7. The zero-order valence-corrected chi connectivity index (χ0v) is 29.9. The number of nitrogens with zero attached hydrogens (tertiary/aromatic N) is 2. The fourth-order valence-corrected chi connectivity index (χ4v) is 9.70. The van der Waals surface area contributed by atoms with E-state index in [1.807, 2.05) is 6.07 Å². The molecule has 0 saturated carbocycles. The number of carbonyl (C=O) groups is 1. The van der Waals surface area contributed by atoms with Gasteiger partial charge in [0.2, 0.25) is 0 Å². The maximum absolute atomic E-state index is 12.8. The van der Waals surface area contributed by atoms with E-state index < -0.39 is 0 Å². The van der Waals surface area contributed by atoms with E-state index in [1.54, 1.807) is 22.7 Å². The van der Waals surface area contributed by atoms with Crippen LogP contribution < -0.4 is 5.73 Å². The normalized spacial score (nSPS) is 27.8. The highest BCUT2D eigenvalue weighted by Gasteiger charge is 2.48. The van der Waals surface area contributed by atoms with Gasteiger partial charge in [0, 0.05) is 38.5 Å². The molecule has 6 nitrogen and oxygen atoms in total. The summed E-state index contributed by atoms with van der Waals surface area (Å²) in [5, 5.41) is 6.80. The average Bonchev–Trinajstić information content (AvgIpc) is 3.72. The van der Waals surface area contributed by atoms with Gasteiger partial charge in [-0.3, -0.25) is 14.6 Å². The molecule has 2 aromatic carbocycles. The van der Waals surface area contributed by atoms with Crippen LogP contribution in [0.2, 0.25) is 0 Å². The molecule has 0 radical (unpaired) electrons. The van der Waals surface area contributed by atoms with E-state index in [0.717, 1.165) is 17.4 Å². The Balaban J connectivity index is 0.000000167. The van der Waals surface area contributed by atoms with E-state index in [9.17, 15) is 4.79 Å². The molecule has 10 rings (SSSR count). The Morgan fingerprint density at radius 1 is 0.783 bits per heavy atom. The predicted molar refractivity (Wildman–Crippen MR) is 193 cm³/mol. The lowest BCUT2D eigenvalue weighted by atomic mass is 9.65. The molecule has 2 N–H and O–H groups in total. The number of benzene rings is 2. The number of ketones is 1. The van der Waals surface area contributed by atoms with E-state index in [4.69, 9.17) is 15.3 Å². The van der Waals surface area contributed by atoms with Crippen LogP contribution >= 0.6 is 35.1 Å². The molecule has 4 bridgehead atoms. The van der Waals surface area contributed by atoms with Crippen molar-refractivity contribution in [2.75, 3.05) is 26.2 Å². The number of nitrogens with two attached hydrogens (primary N) is 1. The summed E-state index contributed by atoms with van der Waals surface area (Å²) in [6.07, 6.45) is 6.14. The second-order valence-electron chi connectivity index (χ2n) is 13.9. The van der Waals surface area contributed by atoms with Crippen molar-refractivity contribution in [2.45, 2.75) is 76.9 Å². The first kappa shape index (κ1) is 36.4. The highest BCUT2D eigenvalue weighted by Crippen LogP contribution is 2.46. The molecule has 248 valence electrons. The van der Waals surface area contributed by atoms with Gasteiger partial charge in [0.1, 0.15) is 0 Å². The highest BCUT2D eigenvalue weighted by atomic mass is 35.5. The largest absolute Gasteiger partial charge is 0.373 e. The van der Waals surface area contributed by atoms with Crippen LogP contribution in [0.4, 0.5) is 0 Å². The zero-order valence-electron chi connectivity index (χ0n) is 27.4. The van der Waals surface area contributed by atoms with E-state index in [-0.39, 0.29) is 29.6 Å². The average molecular weight is 682 g/mol. The Bertz CT molecular complexity index is 1580. The summed E-state index contributed by atoms with van der Waals surface area (Å²) in [4.78, 5) is 34.2. The highest BCUT2D eigenvalue weighted by molar-refractivity contribution is 7.17. The van der Waals surface area contributed by atoms with Crippen molar-refractivity contribution in [1.29, 1.82) is 0 Å². The Kier molecular flexibility index (Phi) is 12.4. The molecule has 6 saturated heterocycles. The molecule has 46 heavy (non-hydrogen) atoms. The molecule has 9 heteroatoms. The minimum Gasteiger partial charge on any atom is -0.326 e. The molecule has 6 fully saturated rings. The third-order valence-electron chi connectivity index (χ3n) is 11.1. The minimum absolute atomic E-state index is 0. The molecule has 6 aliphatic rings. The van der Waals surface area contributed by atoms with Gasteiger partial charge in [-0.2, -0.15) is 9.59 Å². The van der Waals surface area contributed by atoms with Crippen molar-refractivity contribution in [3.8, 4) is 0 Å². The monoisotopic (exact) mass is 681 g/mol. The van der Waals surface area contributed by atoms with E-state index >= 15 is 0 Å². The van der Waals surface area contributed by atoms with Crippen LogP contribution in [0, 0.1) is 17.8 Å². The third kappa shape index (κ3) is 7.82. The predicted octanol–water partition coefficient (Wildman–Crippen LogP) is 8.15. The van der Waals surface area contributed by atoms with E-state index in [0.29, 0.717) is 24.2 Å². The topological polar surface area (TPSA) is 83.7 Å². The number of fused-ring (bicyclic) bond motifs is 8. The molecule has 0 unspecified atom stereocenters. The Hall–Kier alpha value is -2.42. The van der Waals surface area contributed by atoms with Crippen LogP contribution in [-0.2, 0) is 9.59 Å². The first-order chi connectivity index (χ1) is 21.6. The molecular weight excluding hydrogens is 634 g/mol. The number of hydrogen-bond acceptors (Lipinski definition) is 8. The molecule has 2 atom stereocenters. The summed E-state index contributed by atoms with van der Waals surface area (Å²) in [6.45, 7) is 14.2. The van der Waals surface area contributed by atoms with E-state index in [1.165, 1.54) is 72.0 Å². The summed E-state index contributed by atoms with van der Waals surface area (Å²) < 4.78 is 2.59. The Morgan fingerprint density at radius 2 is 1.30 bits per heavy atom. The van der Waals surface area contributed by atoms with Crippen LogP contribution in [0.25, 0.3) is 20.2 Å². The van der Waals surface area contributed by atoms with Gasteiger partial charge in [0.05, 0.1) is 0 Å². The number of thiophene rings is 2. The van der Waals surface area contributed by atoms with Crippen molar-refractivity contribution in [3.63, 3.8) is 0 Å². The van der Waals surface area contributed by atoms with Gasteiger partial charge in [-0.15, -0.1) is 35.1 Å². The van der Waals surface area contributed by atoms with Crippen molar-refractivity contribution in [2.24, 2.45) is 23.5 Å². The lowest BCUT2D eigenvalue weighted by Crippen LogP contribution is -2.67. The summed E-state index contributed by atoms with van der Waals surface area (Å²) in [5.74, 6) is 2.35. The van der Waals surface area contributed by atoms with Gasteiger partial charge in [0.15, 0.2) is 5.78 Å². The summed E-state index contributed by atoms with van der Waals surface area (Å²) in [7, 11) is 0. The van der Waals surface area contributed by atoms with Crippen LogP contribution in [0.15, 0.2) is 65.4 Å². The van der Waals surface area contributed by atoms with Crippen molar-refractivity contribution >= 4 is 67.2 Å². The Labute approximate surface area is 287 Å². The van der Waals surface area contributed by atoms with Gasteiger partial charge in [-0.25, -0.2) is 0 Å². The molecule has 6 aliphatic heterocycles. The van der Waals surface area contributed by atoms with Crippen molar-refractivity contribution in [1.82, 2.24) is 9.80 Å². The van der Waals surface area contributed by atoms with Gasteiger partial charge in [-0.1, -0.05) is 30.3 Å². The maximum Gasteiger partial charge on any atom is 0.373 e. The molecular formula is C37H48ClN3O3S2. The van der Waals surface area contributed by atoms with Crippen LogP contribution in [0.3, 0.4) is 0 Å². The number of hydrogen-bond donors (Lipinski definition) is 1. The SMILES string of the molecule is CC1(C)[C@@H](CC(=O)c2ccc3ccsc3c2)C2CCN1CC2.CC1(C)[C@@H](N)C2CCN1CC2.Cl.O=C=O.c1ccc2sccc2c1. The quantitative estimate of drug-likeness (QED) is 0.220. The molecule has 0 spiro atoms. The number of rotatable bonds is 3. The zero-order chi connectivity index (χ0) is 32.2. The number of piperidine rings is 6. The van der Waals surface area contributed by atoms with Crippen LogP contribution in [0.5, 0.6) is 0 Å². The lowest BCUT2D eigenvalue weighted by molar-refractivity contribution is -0.191. The molecule has 0 amide bonds. The smallest absolute Gasteiger partial charge is 0.326 e. The fourth-order valence-electron chi connectivity index (χ4n) is 8.08. The van der Waals surface area contributed by atoms with Crippen LogP contribution in [0.1, 0.15) is 70.2 Å². The number of Topliss-reactive ketones (excluding diaryl/α,β-unsaturated/α-hetero) is 1. The van der Waals surface area contributed by atoms with E-state index in [2.05, 4.69) is 96.8 Å². The second-order valence-corrected chi connectivity index (χ2v) is 15.8. The number of halogens is 1. The first-order valence-corrected chi connectivity index (χ1v) is 18.0. The molecule has 2 aromatic heterocycles. The fraction of sp³-hybridized carbons (Fsp3) is 0.514. The minimum atomic E-state index is 0. The first-order valence-electron chi connectivity index (χ1n) is 16.2. The maximum atomic E-state index is 12.8. The van der Waals surface area contributed by atoms with Gasteiger partial charge in [-0.05, 0) is 143 Å². The summed E-state index contributed by atoms with van der Waals surface area (Å²) >= 11 is 3.50. The van der Waals surface area contributed by atoms with Crippen LogP contribution in [-0.4, -0.2) is 65.0 Å². The van der Waals surface area contributed by atoms with Crippen molar-refractivity contribution < 1.29 is 14.4 Å².